The Morgan fingerprint density at radius 3 is 1.14 bits per heavy atom. The van der Waals surface area contributed by atoms with Crippen molar-refractivity contribution in [2.24, 2.45) is 5.92 Å². The third kappa shape index (κ3) is 15.8. The van der Waals surface area contributed by atoms with Gasteiger partial charge in [-0.3, -0.25) is 0 Å². The van der Waals surface area contributed by atoms with Crippen molar-refractivity contribution in [3.05, 3.63) is 0 Å². The van der Waals surface area contributed by atoms with E-state index >= 15 is 0 Å². The second kappa shape index (κ2) is 21.6. The van der Waals surface area contributed by atoms with Gasteiger partial charge >= 0.3 is 0 Å². The van der Waals surface area contributed by atoms with Gasteiger partial charge in [0.05, 0.1) is 0 Å². The Balaban J connectivity index is 0. The second-order valence-electron chi connectivity index (χ2n) is 9.08. The maximum absolute atomic E-state index is 14.1. The molecule has 4 N–H and O–H groups in total. The lowest BCUT2D eigenvalue weighted by molar-refractivity contribution is -0.498. The lowest BCUT2D eigenvalue weighted by Crippen LogP contribution is -2.50. The van der Waals surface area contributed by atoms with Crippen LogP contribution in [0, 0.1) is 5.92 Å². The van der Waals surface area contributed by atoms with Crippen molar-refractivity contribution >= 4 is 0 Å². The van der Waals surface area contributed by atoms with Crippen molar-refractivity contribution in [2.75, 3.05) is 0 Å². The van der Waals surface area contributed by atoms with Crippen molar-refractivity contribution in [1.82, 2.24) is 6.15 Å². The maximum atomic E-state index is 14.1. The zero-order valence-corrected chi connectivity index (χ0v) is 20.6. The Morgan fingerprint density at radius 1 is 0.500 bits per heavy atom. The van der Waals surface area contributed by atoms with E-state index in [1.54, 1.807) is 0 Å². The van der Waals surface area contributed by atoms with E-state index in [4.69, 9.17) is 0 Å². The fourth-order valence-corrected chi connectivity index (χ4v) is 4.54. The van der Waals surface area contributed by atoms with Gasteiger partial charge in [0.25, 0.3) is 0 Å². The van der Waals surface area contributed by atoms with Gasteiger partial charge in [0.15, 0.2) is 0 Å². The Morgan fingerprint density at radius 2 is 0.821 bits per heavy atom. The summed E-state index contributed by atoms with van der Waals surface area (Å²) >= 11 is 0. The molecule has 0 saturated heterocycles. The van der Waals surface area contributed by atoms with Gasteiger partial charge in [-0.25, -0.2) is 0 Å². The van der Waals surface area contributed by atoms with Crippen LogP contribution in [0.15, 0.2) is 0 Å². The second-order valence-corrected chi connectivity index (χ2v) is 9.08. The number of quaternary nitrogens is 1. The number of unbranched alkanes of at least 4 members (excludes halogenated alkanes) is 12. The SMILES string of the molecule is CCCCCCC(CCCCCC)C([O-])(CCCCCC)CCCCCC.[NH4+]. The molecule has 0 unspecified atom stereocenters. The first-order valence-electron chi connectivity index (χ1n) is 12.8. The van der Waals surface area contributed by atoms with Crippen LogP contribution in [0.25, 0.3) is 0 Å². The molecule has 0 fully saturated rings. The Hall–Kier alpha value is -0.0800. The summed E-state index contributed by atoms with van der Waals surface area (Å²) < 4.78 is 0. The Labute approximate surface area is 179 Å². The van der Waals surface area contributed by atoms with Crippen molar-refractivity contribution in [3.8, 4) is 0 Å². The molecule has 0 spiro atoms. The average Bonchev–Trinajstić information content (AvgIpc) is 2.67. The molecule has 0 radical (unpaired) electrons. The highest BCUT2D eigenvalue weighted by molar-refractivity contribution is 4.85. The lowest BCUT2D eigenvalue weighted by Gasteiger charge is -2.49. The van der Waals surface area contributed by atoms with Crippen molar-refractivity contribution in [2.45, 2.75) is 162 Å². The van der Waals surface area contributed by atoms with E-state index in [9.17, 15) is 5.11 Å². The summed E-state index contributed by atoms with van der Waals surface area (Å²) in [6.07, 6.45) is 24.7. The standard InChI is InChI=1S/C26H53O.H3N/c1-5-9-13-17-21-25(22-18-14-10-6-2)26(27,23-19-15-11-7-3)24-20-16-12-8-4;/h25H,5-24H2,1-4H3;1H3/q-1;/p+1. The third-order valence-corrected chi connectivity index (χ3v) is 6.46. The van der Waals surface area contributed by atoms with Gasteiger partial charge in [-0.2, -0.15) is 0 Å². The van der Waals surface area contributed by atoms with Crippen LogP contribution in [-0.4, -0.2) is 5.60 Å². The van der Waals surface area contributed by atoms with Crippen LogP contribution in [0.4, 0.5) is 0 Å². The summed E-state index contributed by atoms with van der Waals surface area (Å²) in [5, 5.41) is 14.1. The van der Waals surface area contributed by atoms with Gasteiger partial charge < -0.3 is 11.3 Å². The van der Waals surface area contributed by atoms with Gasteiger partial charge in [-0.05, 0) is 0 Å². The minimum Gasteiger partial charge on any atom is -0.849 e. The summed E-state index contributed by atoms with van der Waals surface area (Å²) in [7, 11) is 0. The molecule has 28 heavy (non-hydrogen) atoms. The van der Waals surface area contributed by atoms with Crippen LogP contribution >= 0.6 is 0 Å². The van der Waals surface area contributed by atoms with E-state index in [-0.39, 0.29) is 6.15 Å². The third-order valence-electron chi connectivity index (χ3n) is 6.46. The highest BCUT2D eigenvalue weighted by atomic mass is 16.3. The number of hydrogen-bond acceptors (Lipinski definition) is 1. The molecule has 0 amide bonds. The Kier molecular flexibility index (Phi) is 23.3. The lowest BCUT2D eigenvalue weighted by atomic mass is 9.74. The minimum absolute atomic E-state index is 0. The van der Waals surface area contributed by atoms with Crippen LogP contribution in [-0.2, 0) is 0 Å². The smallest absolute Gasteiger partial charge is 0.0511 e. The molecule has 0 saturated carbocycles. The monoisotopic (exact) mass is 399 g/mol. The Bertz CT molecular complexity index is 268. The average molecular weight is 400 g/mol. The predicted octanol–water partition coefficient (Wildman–Crippen LogP) is 8.96. The first-order valence-corrected chi connectivity index (χ1v) is 12.8. The van der Waals surface area contributed by atoms with E-state index in [0.717, 1.165) is 25.7 Å². The van der Waals surface area contributed by atoms with Crippen molar-refractivity contribution < 1.29 is 5.11 Å². The van der Waals surface area contributed by atoms with Crippen LogP contribution < -0.4 is 11.3 Å². The number of hydrogen-bond donors (Lipinski definition) is 1. The summed E-state index contributed by atoms with van der Waals surface area (Å²) in [4.78, 5) is 0. The van der Waals surface area contributed by atoms with Gasteiger partial charge in [0, 0.05) is 0 Å². The van der Waals surface area contributed by atoms with E-state index < -0.39 is 5.60 Å². The van der Waals surface area contributed by atoms with Crippen LogP contribution in [0.3, 0.4) is 0 Å². The van der Waals surface area contributed by atoms with Crippen LogP contribution in [0.2, 0.25) is 0 Å². The molecule has 172 valence electrons. The van der Waals surface area contributed by atoms with Gasteiger partial charge in [0.2, 0.25) is 0 Å². The molecule has 0 aromatic heterocycles. The largest absolute Gasteiger partial charge is 0.849 e. The summed E-state index contributed by atoms with van der Waals surface area (Å²) in [5.41, 5.74) is -0.639. The van der Waals surface area contributed by atoms with Gasteiger partial charge in [0.1, 0.15) is 0 Å². The molecular weight excluding hydrogens is 342 g/mol. The summed E-state index contributed by atoms with van der Waals surface area (Å²) in [5.74, 6) is 0.425. The molecule has 0 aliphatic heterocycles. The zero-order valence-electron chi connectivity index (χ0n) is 20.6. The molecule has 0 heterocycles. The molecule has 0 atom stereocenters. The molecule has 0 aromatic rings. The van der Waals surface area contributed by atoms with Crippen LogP contribution in [0.5, 0.6) is 0 Å². The quantitative estimate of drug-likeness (QED) is 0.192. The van der Waals surface area contributed by atoms with E-state index in [1.165, 1.54) is 103 Å². The molecule has 0 aliphatic carbocycles. The topological polar surface area (TPSA) is 59.6 Å². The fraction of sp³-hybridized carbons (Fsp3) is 1.00. The molecule has 0 aliphatic rings. The molecule has 2 heteroatoms. The maximum Gasteiger partial charge on any atom is -0.0511 e. The van der Waals surface area contributed by atoms with Crippen molar-refractivity contribution in [3.63, 3.8) is 0 Å². The number of rotatable bonds is 21. The van der Waals surface area contributed by atoms with Crippen LogP contribution in [0.1, 0.15) is 156 Å². The van der Waals surface area contributed by atoms with Crippen molar-refractivity contribution in [1.29, 1.82) is 0 Å². The summed E-state index contributed by atoms with van der Waals surface area (Å²) in [6, 6.07) is 0. The molecular formula is C26H57NO. The van der Waals surface area contributed by atoms with Gasteiger partial charge in [-0.1, -0.05) is 162 Å². The predicted molar refractivity (Wildman–Crippen MR) is 127 cm³/mol. The first-order chi connectivity index (χ1) is 13.1. The molecule has 0 aromatic carbocycles. The fourth-order valence-electron chi connectivity index (χ4n) is 4.54. The summed E-state index contributed by atoms with van der Waals surface area (Å²) in [6.45, 7) is 9.09. The highest BCUT2D eigenvalue weighted by Crippen LogP contribution is 2.35. The van der Waals surface area contributed by atoms with E-state index in [0.29, 0.717) is 5.92 Å². The van der Waals surface area contributed by atoms with Gasteiger partial charge in [-0.15, -0.1) is 5.60 Å². The van der Waals surface area contributed by atoms with E-state index in [2.05, 4.69) is 27.7 Å². The molecule has 0 rings (SSSR count). The molecule has 0 bridgehead atoms. The first kappa shape index (κ1) is 30.1. The highest BCUT2D eigenvalue weighted by Gasteiger charge is 2.26. The van der Waals surface area contributed by atoms with E-state index in [1.807, 2.05) is 0 Å². The zero-order chi connectivity index (χ0) is 20.2. The normalized spacial score (nSPS) is 11.8. The molecule has 2 nitrogen and oxygen atoms in total. The minimum atomic E-state index is -0.639.